The average molecular weight is 506 g/mol. The van der Waals surface area contributed by atoms with Gasteiger partial charge in [0, 0.05) is 25.6 Å². The van der Waals surface area contributed by atoms with Crippen molar-refractivity contribution < 1.29 is 22.4 Å². The lowest BCUT2D eigenvalue weighted by Gasteiger charge is -2.32. The van der Waals surface area contributed by atoms with Gasteiger partial charge in [-0.05, 0) is 56.0 Å². The lowest BCUT2D eigenvalue weighted by Crippen LogP contribution is -2.50. The highest BCUT2D eigenvalue weighted by molar-refractivity contribution is 7.92. The summed E-state index contributed by atoms with van der Waals surface area (Å²) < 4.78 is 39.1. The third-order valence-electron chi connectivity index (χ3n) is 5.85. The summed E-state index contributed by atoms with van der Waals surface area (Å²) in [7, 11) is -3.63. The minimum atomic E-state index is -3.63. The number of benzene rings is 2. The van der Waals surface area contributed by atoms with Crippen molar-refractivity contribution in [1.29, 1.82) is 0 Å². The molecule has 2 aromatic carbocycles. The number of rotatable bonds is 13. The first-order valence-electron chi connectivity index (χ1n) is 11.9. The zero-order valence-electron chi connectivity index (χ0n) is 20.9. The van der Waals surface area contributed by atoms with Gasteiger partial charge in [0.05, 0.1) is 11.9 Å². The Bertz CT molecular complexity index is 1060. The van der Waals surface area contributed by atoms with Crippen LogP contribution in [-0.4, -0.2) is 50.0 Å². The molecule has 0 saturated heterocycles. The standard InChI is InChI=1S/C26H36FN3O4S/c1-5-20(3)28-26(32)24(6-2)29(19-21-11-8-7-9-12-21)25(31)13-10-18-30(35(4,33)34)23-16-14-22(27)15-17-23/h7-9,11-12,14-17,20,24H,5-6,10,13,18-19H2,1-4H3,(H,28,32)/t20-,24-/m1/s1. The van der Waals surface area contributed by atoms with Crippen LogP contribution in [0.1, 0.15) is 52.0 Å². The summed E-state index contributed by atoms with van der Waals surface area (Å²) in [6.45, 7) is 6.10. The number of carbonyl (C=O) groups is 2. The molecule has 0 radical (unpaired) electrons. The van der Waals surface area contributed by atoms with Crippen molar-refractivity contribution in [1.82, 2.24) is 10.2 Å². The van der Waals surface area contributed by atoms with Crippen LogP contribution in [-0.2, 0) is 26.2 Å². The van der Waals surface area contributed by atoms with E-state index in [4.69, 9.17) is 0 Å². The Kier molecular flexibility index (Phi) is 10.7. The molecular weight excluding hydrogens is 469 g/mol. The Morgan fingerprint density at radius 1 is 1.00 bits per heavy atom. The molecule has 0 aromatic heterocycles. The lowest BCUT2D eigenvalue weighted by atomic mass is 10.1. The molecule has 0 saturated carbocycles. The van der Waals surface area contributed by atoms with Gasteiger partial charge in [-0.25, -0.2) is 12.8 Å². The van der Waals surface area contributed by atoms with E-state index in [1.54, 1.807) is 4.90 Å². The Hall–Kier alpha value is -2.94. The van der Waals surface area contributed by atoms with Gasteiger partial charge in [-0.1, -0.05) is 44.2 Å². The fourth-order valence-corrected chi connectivity index (χ4v) is 4.72. The fourth-order valence-electron chi connectivity index (χ4n) is 3.75. The maximum absolute atomic E-state index is 13.3. The van der Waals surface area contributed by atoms with Gasteiger partial charge < -0.3 is 10.2 Å². The smallest absolute Gasteiger partial charge is 0.243 e. The van der Waals surface area contributed by atoms with Gasteiger partial charge in [0.25, 0.3) is 0 Å². The van der Waals surface area contributed by atoms with Crippen molar-refractivity contribution in [3.63, 3.8) is 0 Å². The minimum Gasteiger partial charge on any atom is -0.352 e. The first kappa shape index (κ1) is 28.3. The Morgan fingerprint density at radius 3 is 2.17 bits per heavy atom. The molecule has 0 fully saturated rings. The summed E-state index contributed by atoms with van der Waals surface area (Å²) in [5, 5.41) is 2.97. The Morgan fingerprint density at radius 2 is 1.63 bits per heavy atom. The van der Waals surface area contributed by atoms with Gasteiger partial charge in [0.15, 0.2) is 0 Å². The monoisotopic (exact) mass is 505 g/mol. The van der Waals surface area contributed by atoms with Crippen LogP contribution in [0, 0.1) is 5.82 Å². The van der Waals surface area contributed by atoms with Gasteiger partial charge >= 0.3 is 0 Å². The molecule has 0 aliphatic carbocycles. The molecule has 192 valence electrons. The van der Waals surface area contributed by atoms with Gasteiger partial charge in [0.2, 0.25) is 21.8 Å². The predicted molar refractivity (Wildman–Crippen MR) is 137 cm³/mol. The molecule has 0 bridgehead atoms. The van der Waals surface area contributed by atoms with E-state index in [0.29, 0.717) is 12.1 Å². The number of anilines is 1. The van der Waals surface area contributed by atoms with Crippen molar-refractivity contribution in [3.05, 3.63) is 66.0 Å². The third kappa shape index (κ3) is 8.65. The van der Waals surface area contributed by atoms with E-state index in [-0.39, 0.29) is 43.8 Å². The molecule has 1 N–H and O–H groups in total. The summed E-state index contributed by atoms with van der Waals surface area (Å²) in [6.07, 6.45) is 2.61. The number of hydrogen-bond acceptors (Lipinski definition) is 4. The topological polar surface area (TPSA) is 86.8 Å². The molecule has 0 heterocycles. The average Bonchev–Trinajstić information content (AvgIpc) is 2.82. The third-order valence-corrected chi connectivity index (χ3v) is 7.04. The first-order chi connectivity index (χ1) is 16.6. The lowest BCUT2D eigenvalue weighted by molar-refractivity contribution is -0.141. The molecule has 0 unspecified atom stereocenters. The maximum atomic E-state index is 13.3. The van der Waals surface area contributed by atoms with Crippen LogP contribution in [0.3, 0.4) is 0 Å². The van der Waals surface area contributed by atoms with Crippen molar-refractivity contribution >= 4 is 27.5 Å². The largest absolute Gasteiger partial charge is 0.352 e. The van der Waals surface area contributed by atoms with E-state index in [0.717, 1.165) is 22.5 Å². The molecular formula is C26H36FN3O4S. The highest BCUT2D eigenvalue weighted by Gasteiger charge is 2.29. The quantitative estimate of drug-likeness (QED) is 0.444. The molecule has 2 amide bonds. The van der Waals surface area contributed by atoms with Crippen LogP contribution in [0.5, 0.6) is 0 Å². The zero-order chi connectivity index (χ0) is 26.0. The van der Waals surface area contributed by atoms with Crippen LogP contribution in [0.15, 0.2) is 54.6 Å². The molecule has 7 nitrogen and oxygen atoms in total. The zero-order valence-corrected chi connectivity index (χ0v) is 21.7. The van der Waals surface area contributed by atoms with E-state index in [9.17, 15) is 22.4 Å². The first-order valence-corrected chi connectivity index (χ1v) is 13.8. The van der Waals surface area contributed by atoms with Crippen molar-refractivity contribution in [2.24, 2.45) is 0 Å². The second kappa shape index (κ2) is 13.2. The Balaban J connectivity index is 2.18. The normalized spacial score (nSPS) is 13.1. The van der Waals surface area contributed by atoms with Gasteiger partial charge in [-0.15, -0.1) is 0 Å². The fraction of sp³-hybridized carbons (Fsp3) is 0.462. The van der Waals surface area contributed by atoms with Crippen molar-refractivity contribution in [2.75, 3.05) is 17.1 Å². The number of nitrogens with zero attached hydrogens (tertiary/aromatic N) is 2. The maximum Gasteiger partial charge on any atom is 0.243 e. The second-order valence-electron chi connectivity index (χ2n) is 8.66. The number of halogens is 1. The number of carbonyl (C=O) groups excluding carboxylic acids is 2. The molecule has 2 rings (SSSR count). The highest BCUT2D eigenvalue weighted by Crippen LogP contribution is 2.20. The van der Waals surface area contributed by atoms with Crippen LogP contribution < -0.4 is 9.62 Å². The summed E-state index contributed by atoms with van der Waals surface area (Å²) in [4.78, 5) is 27.9. The van der Waals surface area contributed by atoms with Gasteiger partial charge in [-0.3, -0.25) is 13.9 Å². The summed E-state index contributed by atoms with van der Waals surface area (Å²) in [6, 6.07) is 14.0. The van der Waals surface area contributed by atoms with E-state index < -0.39 is 21.9 Å². The van der Waals surface area contributed by atoms with E-state index >= 15 is 0 Å². The molecule has 35 heavy (non-hydrogen) atoms. The SMILES string of the molecule is CC[C@@H](C)NC(=O)[C@@H](CC)N(Cc1ccccc1)C(=O)CCCN(c1ccc(F)cc1)S(C)(=O)=O. The number of amides is 2. The molecule has 0 spiro atoms. The summed E-state index contributed by atoms with van der Waals surface area (Å²) >= 11 is 0. The summed E-state index contributed by atoms with van der Waals surface area (Å²) in [5.74, 6) is -0.891. The number of sulfonamides is 1. The second-order valence-corrected chi connectivity index (χ2v) is 10.6. The van der Waals surface area contributed by atoms with Crippen molar-refractivity contribution in [2.45, 2.75) is 65.1 Å². The van der Waals surface area contributed by atoms with Crippen LogP contribution in [0.25, 0.3) is 0 Å². The van der Waals surface area contributed by atoms with Crippen LogP contribution in [0.2, 0.25) is 0 Å². The number of hydrogen-bond donors (Lipinski definition) is 1. The molecule has 9 heteroatoms. The Labute approximate surface area is 208 Å². The highest BCUT2D eigenvalue weighted by atomic mass is 32.2. The molecule has 0 aliphatic heterocycles. The van der Waals surface area contributed by atoms with Crippen molar-refractivity contribution in [3.8, 4) is 0 Å². The minimum absolute atomic E-state index is 0.00995. The van der Waals surface area contributed by atoms with Crippen LogP contribution >= 0.6 is 0 Å². The van der Waals surface area contributed by atoms with E-state index in [1.165, 1.54) is 24.3 Å². The predicted octanol–water partition coefficient (Wildman–Crippen LogP) is 4.09. The molecule has 2 aromatic rings. The molecule has 2 atom stereocenters. The molecule has 0 aliphatic rings. The van der Waals surface area contributed by atoms with E-state index in [1.807, 2.05) is 51.1 Å². The van der Waals surface area contributed by atoms with Gasteiger partial charge in [-0.2, -0.15) is 0 Å². The summed E-state index contributed by atoms with van der Waals surface area (Å²) in [5.41, 5.74) is 1.24. The van der Waals surface area contributed by atoms with Crippen LogP contribution in [0.4, 0.5) is 10.1 Å². The van der Waals surface area contributed by atoms with Gasteiger partial charge in [0.1, 0.15) is 11.9 Å². The van der Waals surface area contributed by atoms with E-state index in [2.05, 4.69) is 5.32 Å². The number of nitrogens with one attached hydrogen (secondary N) is 1.